The highest BCUT2D eigenvalue weighted by atomic mass is 16.4. The number of aromatic nitrogens is 2. The van der Waals surface area contributed by atoms with Crippen LogP contribution in [0.4, 0.5) is 0 Å². The molecule has 0 saturated heterocycles. The van der Waals surface area contributed by atoms with E-state index in [2.05, 4.69) is 20.6 Å². The number of rotatable bonds is 9. The summed E-state index contributed by atoms with van der Waals surface area (Å²) >= 11 is 0. The zero-order valence-electron chi connectivity index (χ0n) is 14.7. The summed E-state index contributed by atoms with van der Waals surface area (Å²) in [4.78, 5) is 53.5. The quantitative estimate of drug-likeness (QED) is 0.486. The van der Waals surface area contributed by atoms with Gasteiger partial charge in [-0.3, -0.25) is 29.1 Å². The van der Waals surface area contributed by atoms with E-state index in [1.54, 1.807) is 0 Å². The Kier molecular flexibility index (Phi) is 7.14. The lowest BCUT2D eigenvalue weighted by atomic mass is 10.1. The largest absolute Gasteiger partial charge is 0.481 e. The summed E-state index contributed by atoms with van der Waals surface area (Å²) < 4.78 is 0. The van der Waals surface area contributed by atoms with Crippen molar-refractivity contribution in [2.24, 2.45) is 0 Å². The third kappa shape index (κ3) is 6.16. The number of carbonyl (C=O) groups is 4. The molecule has 2 heterocycles. The van der Waals surface area contributed by atoms with E-state index in [1.807, 2.05) is 0 Å². The number of pyridine rings is 2. The van der Waals surface area contributed by atoms with Gasteiger partial charge in [0.05, 0.1) is 24.2 Å². The Balaban J connectivity index is 2.11. The average molecular weight is 386 g/mol. The number of nitrogens with one attached hydrogen (secondary N) is 2. The molecular formula is C18H18N4O6. The van der Waals surface area contributed by atoms with Gasteiger partial charge in [0, 0.05) is 36.6 Å². The van der Waals surface area contributed by atoms with Crippen molar-refractivity contribution in [3.05, 3.63) is 47.8 Å². The molecule has 146 valence electrons. The molecule has 10 heteroatoms. The van der Waals surface area contributed by atoms with Crippen molar-refractivity contribution < 1.29 is 29.4 Å². The average Bonchev–Trinajstić information content (AvgIpc) is 2.67. The van der Waals surface area contributed by atoms with Crippen molar-refractivity contribution in [3.8, 4) is 11.4 Å². The van der Waals surface area contributed by atoms with E-state index in [4.69, 9.17) is 10.2 Å². The maximum absolute atomic E-state index is 12.1. The van der Waals surface area contributed by atoms with E-state index >= 15 is 0 Å². The molecule has 4 N–H and O–H groups in total. The fraction of sp³-hybridized carbons (Fsp3) is 0.222. The number of hydrogen-bond donors (Lipinski definition) is 4. The summed E-state index contributed by atoms with van der Waals surface area (Å²) in [5.41, 5.74) is 1.25. The predicted molar refractivity (Wildman–Crippen MR) is 96.6 cm³/mol. The normalized spacial score (nSPS) is 10.1. The lowest BCUT2D eigenvalue weighted by Gasteiger charge is -2.07. The highest BCUT2D eigenvalue weighted by molar-refractivity contribution is 5.96. The first kappa shape index (κ1) is 20.5. The first-order valence-electron chi connectivity index (χ1n) is 8.29. The van der Waals surface area contributed by atoms with E-state index in [0.717, 1.165) is 0 Å². The van der Waals surface area contributed by atoms with Gasteiger partial charge >= 0.3 is 11.9 Å². The number of carboxylic acid groups (broad SMARTS) is 2. The smallest absolute Gasteiger partial charge is 0.305 e. The molecule has 0 fully saturated rings. The van der Waals surface area contributed by atoms with Crippen LogP contribution in [0.1, 0.15) is 33.6 Å². The number of aliphatic carboxylic acids is 2. The molecule has 2 rings (SSSR count). The standard InChI is InChI=1S/C18H18N4O6/c23-15(24)3-7-21-17(27)11-1-5-19-13(9-11)14-10-12(2-6-20-14)18(28)22-8-4-16(25)26/h1-2,5-6,9-10H,3-4,7-8H2,(H,21,27)(H,22,28)(H,23,24)(H,25,26). The van der Waals surface area contributed by atoms with Crippen LogP contribution in [0, 0.1) is 0 Å². The van der Waals surface area contributed by atoms with Crippen LogP contribution in [0.5, 0.6) is 0 Å². The van der Waals surface area contributed by atoms with Crippen molar-refractivity contribution in [3.63, 3.8) is 0 Å². The van der Waals surface area contributed by atoms with Crippen LogP contribution in [-0.2, 0) is 9.59 Å². The van der Waals surface area contributed by atoms with Crippen molar-refractivity contribution in [1.82, 2.24) is 20.6 Å². The van der Waals surface area contributed by atoms with E-state index < -0.39 is 23.8 Å². The molecular weight excluding hydrogens is 368 g/mol. The van der Waals surface area contributed by atoms with E-state index in [9.17, 15) is 19.2 Å². The number of carbonyl (C=O) groups excluding carboxylic acids is 2. The van der Waals surface area contributed by atoms with Gasteiger partial charge in [-0.25, -0.2) is 0 Å². The van der Waals surface area contributed by atoms with E-state index in [1.165, 1.54) is 36.7 Å². The zero-order chi connectivity index (χ0) is 20.5. The van der Waals surface area contributed by atoms with Crippen molar-refractivity contribution in [2.45, 2.75) is 12.8 Å². The molecule has 2 aromatic rings. The number of amides is 2. The number of carboxylic acids is 2. The molecule has 0 aromatic carbocycles. The van der Waals surface area contributed by atoms with Crippen LogP contribution in [0.3, 0.4) is 0 Å². The molecule has 0 aliphatic carbocycles. The number of hydrogen-bond acceptors (Lipinski definition) is 6. The fourth-order valence-corrected chi connectivity index (χ4v) is 2.19. The van der Waals surface area contributed by atoms with Gasteiger partial charge in [-0.05, 0) is 24.3 Å². The monoisotopic (exact) mass is 386 g/mol. The van der Waals surface area contributed by atoms with Crippen LogP contribution < -0.4 is 10.6 Å². The highest BCUT2D eigenvalue weighted by Gasteiger charge is 2.12. The molecule has 0 saturated carbocycles. The molecule has 10 nitrogen and oxygen atoms in total. The van der Waals surface area contributed by atoms with E-state index in [0.29, 0.717) is 11.4 Å². The van der Waals surface area contributed by atoms with Crippen LogP contribution in [0.2, 0.25) is 0 Å². The Morgan fingerprint density at radius 1 is 0.750 bits per heavy atom. The first-order chi connectivity index (χ1) is 13.4. The molecule has 0 aliphatic rings. The Morgan fingerprint density at radius 2 is 1.14 bits per heavy atom. The molecule has 0 atom stereocenters. The van der Waals surface area contributed by atoms with Crippen LogP contribution in [-0.4, -0.2) is 57.0 Å². The Bertz CT molecular complexity index is 826. The molecule has 0 aliphatic heterocycles. The topological polar surface area (TPSA) is 159 Å². The minimum absolute atomic E-state index is 0.00390. The van der Waals surface area contributed by atoms with Gasteiger partial charge in [-0.2, -0.15) is 0 Å². The van der Waals surface area contributed by atoms with Gasteiger partial charge in [0.2, 0.25) is 0 Å². The SMILES string of the molecule is O=C(O)CCNC(=O)c1ccnc(-c2cc(C(=O)NCCC(=O)O)ccn2)c1. The lowest BCUT2D eigenvalue weighted by Crippen LogP contribution is -2.26. The Labute approximate surface area is 159 Å². The number of nitrogens with zero attached hydrogens (tertiary/aromatic N) is 2. The summed E-state index contributed by atoms with van der Waals surface area (Å²) in [6.07, 6.45) is 2.43. The summed E-state index contributed by atoms with van der Waals surface area (Å²) in [5, 5.41) is 22.2. The molecule has 0 radical (unpaired) electrons. The van der Waals surface area contributed by atoms with Crippen LogP contribution >= 0.6 is 0 Å². The van der Waals surface area contributed by atoms with Gasteiger partial charge in [0.25, 0.3) is 11.8 Å². The van der Waals surface area contributed by atoms with Crippen LogP contribution in [0.15, 0.2) is 36.7 Å². The minimum atomic E-state index is -1.02. The van der Waals surface area contributed by atoms with Gasteiger partial charge in [-0.1, -0.05) is 0 Å². The maximum atomic E-state index is 12.1. The third-order valence-electron chi connectivity index (χ3n) is 3.56. The first-order valence-corrected chi connectivity index (χ1v) is 8.29. The van der Waals surface area contributed by atoms with Gasteiger partial charge < -0.3 is 20.8 Å². The van der Waals surface area contributed by atoms with Crippen molar-refractivity contribution >= 4 is 23.8 Å². The van der Waals surface area contributed by atoms with Gasteiger partial charge in [0.15, 0.2) is 0 Å². The predicted octanol–water partition coefficient (Wildman–Crippen LogP) is 0.553. The Hall–Kier alpha value is -3.82. The van der Waals surface area contributed by atoms with Gasteiger partial charge in [-0.15, -0.1) is 0 Å². The lowest BCUT2D eigenvalue weighted by molar-refractivity contribution is -0.137. The zero-order valence-corrected chi connectivity index (χ0v) is 14.7. The van der Waals surface area contributed by atoms with Crippen molar-refractivity contribution in [1.29, 1.82) is 0 Å². The Morgan fingerprint density at radius 3 is 1.50 bits per heavy atom. The molecule has 0 unspecified atom stereocenters. The summed E-state index contributed by atoms with van der Waals surface area (Å²) in [6, 6.07) is 5.90. The van der Waals surface area contributed by atoms with Crippen molar-refractivity contribution in [2.75, 3.05) is 13.1 Å². The van der Waals surface area contributed by atoms with Gasteiger partial charge in [0.1, 0.15) is 0 Å². The second kappa shape index (κ2) is 9.76. The molecule has 2 amide bonds. The summed E-state index contributed by atoms with van der Waals surface area (Å²) in [7, 11) is 0. The second-order valence-electron chi connectivity index (χ2n) is 5.66. The molecule has 2 aromatic heterocycles. The highest BCUT2D eigenvalue weighted by Crippen LogP contribution is 2.17. The van der Waals surface area contributed by atoms with Crippen LogP contribution in [0.25, 0.3) is 11.4 Å². The molecule has 0 spiro atoms. The minimum Gasteiger partial charge on any atom is -0.481 e. The third-order valence-corrected chi connectivity index (χ3v) is 3.56. The second-order valence-corrected chi connectivity index (χ2v) is 5.66. The van der Waals surface area contributed by atoms with E-state index in [-0.39, 0.29) is 37.1 Å². The summed E-state index contributed by atoms with van der Waals surface area (Å²) in [5.74, 6) is -2.93. The summed E-state index contributed by atoms with van der Waals surface area (Å²) in [6.45, 7) is -0.00779. The fourth-order valence-electron chi connectivity index (χ4n) is 2.19. The maximum Gasteiger partial charge on any atom is 0.305 e. The molecule has 28 heavy (non-hydrogen) atoms. The molecule has 0 bridgehead atoms.